The molecule has 3 fully saturated rings. The third kappa shape index (κ3) is 2.32. The van der Waals surface area contributed by atoms with Crippen molar-refractivity contribution in [1.82, 2.24) is 9.88 Å². The molecule has 20 heavy (non-hydrogen) atoms. The summed E-state index contributed by atoms with van der Waals surface area (Å²) >= 11 is 0. The van der Waals surface area contributed by atoms with Gasteiger partial charge in [-0.15, -0.1) is 0 Å². The molecule has 1 saturated carbocycles. The van der Waals surface area contributed by atoms with E-state index in [4.69, 9.17) is 0 Å². The molecule has 4 rings (SSSR count). The van der Waals surface area contributed by atoms with Crippen LogP contribution in [-0.4, -0.2) is 42.1 Å². The smallest absolute Gasteiger partial charge is 0.128 e. The maximum atomic E-state index is 4.53. The van der Waals surface area contributed by atoms with Crippen LogP contribution < -0.4 is 4.90 Å². The van der Waals surface area contributed by atoms with Gasteiger partial charge in [0.25, 0.3) is 0 Å². The van der Waals surface area contributed by atoms with Gasteiger partial charge < -0.3 is 4.90 Å². The normalized spacial score (nSPS) is 34.4. The minimum absolute atomic E-state index is 0.769. The molecule has 3 atom stereocenters. The van der Waals surface area contributed by atoms with Crippen LogP contribution in [0.1, 0.15) is 32.1 Å². The molecule has 2 saturated heterocycles. The van der Waals surface area contributed by atoms with E-state index in [2.05, 4.69) is 26.9 Å². The molecule has 3 nitrogen and oxygen atoms in total. The van der Waals surface area contributed by atoms with Gasteiger partial charge in [-0.1, -0.05) is 25.3 Å². The number of hydrogen-bond acceptors (Lipinski definition) is 3. The topological polar surface area (TPSA) is 19.4 Å². The third-order valence-corrected chi connectivity index (χ3v) is 5.69. The Morgan fingerprint density at radius 1 is 1.00 bits per heavy atom. The van der Waals surface area contributed by atoms with Crippen LogP contribution in [0.4, 0.5) is 5.82 Å². The zero-order valence-corrected chi connectivity index (χ0v) is 12.2. The van der Waals surface area contributed by atoms with Gasteiger partial charge in [-0.05, 0) is 36.8 Å². The van der Waals surface area contributed by atoms with Gasteiger partial charge in [0.15, 0.2) is 0 Å². The van der Waals surface area contributed by atoms with E-state index < -0.39 is 0 Å². The van der Waals surface area contributed by atoms with Gasteiger partial charge in [0.05, 0.1) is 0 Å². The molecule has 1 aromatic rings. The zero-order valence-electron chi connectivity index (χ0n) is 12.2. The first-order chi connectivity index (χ1) is 9.90. The van der Waals surface area contributed by atoms with E-state index in [0.29, 0.717) is 0 Å². The maximum Gasteiger partial charge on any atom is 0.128 e. The summed E-state index contributed by atoms with van der Waals surface area (Å²) in [5, 5.41) is 0. The van der Waals surface area contributed by atoms with Crippen molar-refractivity contribution in [2.45, 2.75) is 38.1 Å². The largest absolute Gasteiger partial charge is 0.354 e. The van der Waals surface area contributed by atoms with Crippen LogP contribution in [0.25, 0.3) is 0 Å². The van der Waals surface area contributed by atoms with E-state index in [9.17, 15) is 0 Å². The minimum Gasteiger partial charge on any atom is -0.354 e. The van der Waals surface area contributed by atoms with Crippen molar-refractivity contribution in [2.24, 2.45) is 11.8 Å². The van der Waals surface area contributed by atoms with Crippen molar-refractivity contribution in [3.05, 3.63) is 24.4 Å². The monoisotopic (exact) mass is 271 g/mol. The number of piperidine rings is 1. The molecule has 108 valence electrons. The van der Waals surface area contributed by atoms with Crippen LogP contribution >= 0.6 is 0 Å². The average molecular weight is 271 g/mol. The van der Waals surface area contributed by atoms with E-state index in [1.807, 2.05) is 12.3 Å². The zero-order chi connectivity index (χ0) is 13.4. The number of pyridine rings is 1. The Labute approximate surface area is 122 Å². The van der Waals surface area contributed by atoms with E-state index in [-0.39, 0.29) is 0 Å². The first-order valence-corrected chi connectivity index (χ1v) is 8.30. The first-order valence-electron chi connectivity index (χ1n) is 8.30. The van der Waals surface area contributed by atoms with Crippen LogP contribution in [0.3, 0.4) is 0 Å². The Balaban J connectivity index is 1.46. The summed E-state index contributed by atoms with van der Waals surface area (Å²) in [5.41, 5.74) is 0. The number of fused-ring (bicyclic) bond motifs is 2. The molecule has 1 aromatic heterocycles. The van der Waals surface area contributed by atoms with Gasteiger partial charge in [0, 0.05) is 38.4 Å². The molecule has 3 heteroatoms. The second-order valence-corrected chi connectivity index (χ2v) is 6.82. The Hall–Kier alpha value is -1.09. The Morgan fingerprint density at radius 3 is 2.75 bits per heavy atom. The van der Waals surface area contributed by atoms with Crippen LogP contribution in [-0.2, 0) is 0 Å². The molecule has 0 unspecified atom stereocenters. The molecule has 2 aliphatic heterocycles. The lowest BCUT2D eigenvalue weighted by atomic mass is 9.72. The minimum atomic E-state index is 0.769. The molecular weight excluding hydrogens is 246 g/mol. The summed E-state index contributed by atoms with van der Waals surface area (Å²) in [6.45, 7) is 4.92. The fourth-order valence-electron chi connectivity index (χ4n) is 4.59. The lowest BCUT2D eigenvalue weighted by Gasteiger charge is -2.50. The summed E-state index contributed by atoms with van der Waals surface area (Å²) in [6, 6.07) is 7.03. The van der Waals surface area contributed by atoms with E-state index in [1.165, 1.54) is 51.7 Å². The Kier molecular flexibility index (Phi) is 3.39. The molecule has 1 aliphatic carbocycles. The van der Waals surface area contributed by atoms with Gasteiger partial charge in [0.2, 0.25) is 0 Å². The van der Waals surface area contributed by atoms with Crippen molar-refractivity contribution < 1.29 is 0 Å². The van der Waals surface area contributed by atoms with Crippen LogP contribution in [0, 0.1) is 11.8 Å². The first kappa shape index (κ1) is 12.6. The number of rotatable bonds is 1. The highest BCUT2D eigenvalue weighted by atomic mass is 15.3. The second kappa shape index (κ2) is 5.36. The molecule has 0 spiro atoms. The average Bonchev–Trinajstić information content (AvgIpc) is 2.53. The Bertz CT molecular complexity index is 447. The highest BCUT2D eigenvalue weighted by Crippen LogP contribution is 2.39. The standard InChI is InChI=1S/C17H25N3/c1-2-6-15-12-19-9-10-20(17-7-3-4-8-18-17)13-16(19)11-14(15)5-1/h3-4,7-8,14-16H,1-2,5-6,9-13H2/t14-,15+,16-/m0/s1. The number of aromatic nitrogens is 1. The van der Waals surface area contributed by atoms with Crippen LogP contribution in [0.5, 0.6) is 0 Å². The molecule has 0 aromatic carbocycles. The summed E-state index contributed by atoms with van der Waals surface area (Å²) in [6.07, 6.45) is 9.25. The number of anilines is 1. The van der Waals surface area contributed by atoms with Crippen molar-refractivity contribution in [3.63, 3.8) is 0 Å². The Morgan fingerprint density at radius 2 is 1.90 bits per heavy atom. The molecular formula is C17H25N3. The predicted octanol–water partition coefficient (Wildman–Crippen LogP) is 2.78. The maximum absolute atomic E-state index is 4.53. The van der Waals surface area contributed by atoms with E-state index >= 15 is 0 Å². The summed E-state index contributed by atoms with van der Waals surface area (Å²) in [5.74, 6) is 3.17. The predicted molar refractivity (Wildman–Crippen MR) is 81.9 cm³/mol. The summed E-state index contributed by atoms with van der Waals surface area (Å²) in [7, 11) is 0. The SMILES string of the molecule is c1ccc(N2CCN3C[C@H]4CCCC[C@H]4C[C@H]3C2)nc1. The fraction of sp³-hybridized carbons (Fsp3) is 0.706. The molecule has 0 radical (unpaired) electrons. The summed E-state index contributed by atoms with van der Waals surface area (Å²) < 4.78 is 0. The lowest BCUT2D eigenvalue weighted by Crippen LogP contribution is -2.58. The fourth-order valence-corrected chi connectivity index (χ4v) is 4.59. The third-order valence-electron chi connectivity index (χ3n) is 5.69. The van der Waals surface area contributed by atoms with Crippen LogP contribution in [0.2, 0.25) is 0 Å². The van der Waals surface area contributed by atoms with Gasteiger partial charge in [-0.25, -0.2) is 4.98 Å². The quantitative estimate of drug-likeness (QED) is 0.783. The molecule has 3 aliphatic rings. The van der Waals surface area contributed by atoms with Gasteiger partial charge >= 0.3 is 0 Å². The molecule has 0 bridgehead atoms. The molecule has 0 amide bonds. The van der Waals surface area contributed by atoms with Gasteiger partial charge in [-0.2, -0.15) is 0 Å². The highest BCUT2D eigenvalue weighted by molar-refractivity contribution is 5.38. The number of nitrogens with zero attached hydrogens (tertiary/aromatic N) is 3. The van der Waals surface area contributed by atoms with E-state index in [1.54, 1.807) is 0 Å². The van der Waals surface area contributed by atoms with E-state index in [0.717, 1.165) is 30.2 Å². The molecule has 0 N–H and O–H groups in total. The second-order valence-electron chi connectivity index (χ2n) is 6.82. The van der Waals surface area contributed by atoms with Crippen molar-refractivity contribution >= 4 is 5.82 Å². The summed E-state index contributed by atoms with van der Waals surface area (Å²) in [4.78, 5) is 9.79. The highest BCUT2D eigenvalue weighted by Gasteiger charge is 2.39. The lowest BCUT2D eigenvalue weighted by molar-refractivity contribution is 0.0319. The van der Waals surface area contributed by atoms with Gasteiger partial charge in [-0.3, -0.25) is 4.90 Å². The molecule has 3 heterocycles. The number of hydrogen-bond donors (Lipinski definition) is 0. The number of piperazine rings is 1. The van der Waals surface area contributed by atoms with Crippen LogP contribution in [0.15, 0.2) is 24.4 Å². The van der Waals surface area contributed by atoms with Crippen molar-refractivity contribution in [3.8, 4) is 0 Å². The van der Waals surface area contributed by atoms with Crippen molar-refractivity contribution in [2.75, 3.05) is 31.1 Å². The van der Waals surface area contributed by atoms with Gasteiger partial charge in [0.1, 0.15) is 5.82 Å². The van der Waals surface area contributed by atoms with Crippen molar-refractivity contribution in [1.29, 1.82) is 0 Å².